The molecule has 5 rings (SSSR count). The summed E-state index contributed by atoms with van der Waals surface area (Å²) in [6, 6.07) is 9.30. The van der Waals surface area contributed by atoms with Crippen molar-refractivity contribution in [2.24, 2.45) is 45.3 Å². The summed E-state index contributed by atoms with van der Waals surface area (Å²) < 4.78 is 11.8. The minimum absolute atomic E-state index is 0.100. The Kier molecular flexibility index (Phi) is 9.53. The van der Waals surface area contributed by atoms with Crippen molar-refractivity contribution in [3.05, 3.63) is 47.0 Å². The number of carbonyl (C=O) groups is 3. The largest absolute Gasteiger partial charge is 0.466 e. The quantitative estimate of drug-likeness (QED) is 0.193. The van der Waals surface area contributed by atoms with Crippen LogP contribution in [0.4, 0.5) is 0 Å². The van der Waals surface area contributed by atoms with Gasteiger partial charge >= 0.3 is 11.9 Å². The molecule has 248 valence electrons. The lowest BCUT2D eigenvalue weighted by Crippen LogP contribution is -2.57. The minimum Gasteiger partial charge on any atom is -0.466 e. The maximum atomic E-state index is 14.6. The summed E-state index contributed by atoms with van der Waals surface area (Å²) in [4.78, 5) is 41.2. The molecular weight excluding hydrogens is 560 g/mol. The average molecular weight is 619 g/mol. The van der Waals surface area contributed by atoms with E-state index in [0.29, 0.717) is 36.3 Å². The Morgan fingerprint density at radius 3 is 2.31 bits per heavy atom. The third-order valence-corrected chi connectivity index (χ3v) is 13.3. The average Bonchev–Trinajstić information content (AvgIpc) is 3.21. The monoisotopic (exact) mass is 618 g/mol. The molecule has 0 amide bonds. The van der Waals surface area contributed by atoms with Gasteiger partial charge in [0.05, 0.1) is 24.0 Å². The number of hydrogen-bond donors (Lipinski definition) is 0. The zero-order chi connectivity index (χ0) is 32.8. The number of allylic oxidation sites excluding steroid dienone is 2. The molecule has 2 saturated carbocycles. The highest BCUT2D eigenvalue weighted by atomic mass is 16.5. The molecule has 4 aliphatic rings. The van der Waals surface area contributed by atoms with Crippen molar-refractivity contribution >= 4 is 17.7 Å². The Labute approximate surface area is 272 Å². The van der Waals surface area contributed by atoms with Gasteiger partial charge in [-0.05, 0) is 92.1 Å². The SMILES string of the molecule is CCOC(=O)C[C@@]12C(=O)C[C@H]([C@H](C)CCCC(C)C)[C@@]1(C)CCC1=C2CC[C@H]2C(C)(C)[C@@H](OC(=O)c3ccccc3)CC[C@]12C. The number of hydrogen-bond acceptors (Lipinski definition) is 5. The first-order chi connectivity index (χ1) is 21.2. The fourth-order valence-electron chi connectivity index (χ4n) is 11.0. The molecule has 0 saturated heterocycles. The van der Waals surface area contributed by atoms with Crippen LogP contribution in [-0.2, 0) is 19.1 Å². The lowest BCUT2D eigenvalue weighted by Gasteiger charge is -2.62. The minimum atomic E-state index is -0.779. The lowest BCUT2D eigenvalue weighted by atomic mass is 9.42. The molecular formula is C40H58O5. The summed E-state index contributed by atoms with van der Waals surface area (Å²) in [6.45, 7) is 18.4. The predicted molar refractivity (Wildman–Crippen MR) is 179 cm³/mol. The number of carbonyl (C=O) groups excluding carboxylic acids is 3. The summed E-state index contributed by atoms with van der Waals surface area (Å²) in [5, 5.41) is 0. The topological polar surface area (TPSA) is 69.7 Å². The van der Waals surface area contributed by atoms with Gasteiger partial charge < -0.3 is 9.47 Å². The van der Waals surface area contributed by atoms with Gasteiger partial charge in [0.2, 0.25) is 0 Å². The van der Waals surface area contributed by atoms with E-state index in [-0.39, 0.29) is 52.4 Å². The van der Waals surface area contributed by atoms with Crippen LogP contribution in [0.25, 0.3) is 0 Å². The normalized spacial score (nSPS) is 34.5. The van der Waals surface area contributed by atoms with Crippen LogP contribution in [0.15, 0.2) is 41.5 Å². The Morgan fingerprint density at radius 2 is 1.64 bits per heavy atom. The molecule has 0 N–H and O–H groups in total. The maximum Gasteiger partial charge on any atom is 0.338 e. The van der Waals surface area contributed by atoms with Crippen molar-refractivity contribution in [2.45, 2.75) is 132 Å². The highest BCUT2D eigenvalue weighted by molar-refractivity contribution is 5.96. The first kappa shape index (κ1) is 33.9. The molecule has 5 heteroatoms. The molecule has 1 aromatic rings. The van der Waals surface area contributed by atoms with Gasteiger partial charge in [-0.25, -0.2) is 4.79 Å². The standard InChI is InChI=1S/C40H58O5/c1-9-44-35(42)25-40-30-18-19-32-37(5,6)34(45-36(43)28-16-11-10-12-17-28)21-22-38(32,7)29(30)20-23-39(40,8)31(24-33(40)41)27(4)15-13-14-26(2)3/h10-12,16-17,26-27,31-32,34H,9,13-15,18-25H2,1-8H3/t27-,31-,32+,34+,38-,39-,40-/m1/s1. The van der Waals surface area contributed by atoms with E-state index in [1.165, 1.54) is 24.0 Å². The summed E-state index contributed by atoms with van der Waals surface area (Å²) >= 11 is 0. The number of rotatable bonds is 10. The highest BCUT2D eigenvalue weighted by Gasteiger charge is 2.69. The van der Waals surface area contributed by atoms with Gasteiger partial charge in [0.25, 0.3) is 0 Å². The Bertz CT molecular complexity index is 1310. The van der Waals surface area contributed by atoms with Gasteiger partial charge in [-0.2, -0.15) is 0 Å². The van der Waals surface area contributed by atoms with E-state index >= 15 is 0 Å². The van der Waals surface area contributed by atoms with E-state index in [1.54, 1.807) is 0 Å². The van der Waals surface area contributed by atoms with Crippen molar-refractivity contribution in [3.63, 3.8) is 0 Å². The number of Topliss-reactive ketones (excluding diaryl/α,β-unsaturated/α-hetero) is 1. The van der Waals surface area contributed by atoms with Crippen LogP contribution < -0.4 is 0 Å². The van der Waals surface area contributed by atoms with Gasteiger partial charge in [0.15, 0.2) is 0 Å². The van der Waals surface area contributed by atoms with Crippen molar-refractivity contribution in [3.8, 4) is 0 Å². The van der Waals surface area contributed by atoms with Crippen LogP contribution in [0, 0.1) is 45.3 Å². The van der Waals surface area contributed by atoms with Gasteiger partial charge in [0.1, 0.15) is 11.9 Å². The third-order valence-electron chi connectivity index (χ3n) is 13.3. The summed E-state index contributed by atoms with van der Waals surface area (Å²) in [5.74, 6) is 1.50. The maximum absolute atomic E-state index is 14.6. The number of ether oxygens (including phenoxy) is 2. The van der Waals surface area contributed by atoms with Crippen LogP contribution in [0.5, 0.6) is 0 Å². The van der Waals surface area contributed by atoms with Crippen molar-refractivity contribution in [2.75, 3.05) is 6.61 Å². The Hall–Kier alpha value is -2.43. The number of fused-ring (bicyclic) bond motifs is 4. The highest BCUT2D eigenvalue weighted by Crippen LogP contribution is 2.72. The second kappa shape index (κ2) is 12.6. The second-order valence-corrected chi connectivity index (χ2v) is 16.4. The molecule has 1 aromatic carbocycles. The van der Waals surface area contributed by atoms with Crippen LogP contribution in [0.2, 0.25) is 0 Å². The molecule has 0 aromatic heterocycles. The van der Waals surface area contributed by atoms with Crippen molar-refractivity contribution in [1.29, 1.82) is 0 Å². The fraction of sp³-hybridized carbons (Fsp3) is 0.725. The molecule has 2 fully saturated rings. The van der Waals surface area contributed by atoms with E-state index in [1.807, 2.05) is 37.3 Å². The molecule has 45 heavy (non-hydrogen) atoms. The summed E-state index contributed by atoms with van der Waals surface area (Å²) in [6.07, 6.45) is 9.49. The van der Waals surface area contributed by atoms with Crippen LogP contribution in [0.1, 0.15) is 136 Å². The van der Waals surface area contributed by atoms with Gasteiger partial charge in [-0.1, -0.05) is 97.1 Å². The van der Waals surface area contributed by atoms with E-state index < -0.39 is 5.41 Å². The van der Waals surface area contributed by atoms with E-state index in [0.717, 1.165) is 44.9 Å². The third kappa shape index (κ3) is 5.63. The van der Waals surface area contributed by atoms with Crippen molar-refractivity contribution < 1.29 is 23.9 Å². The number of esters is 2. The number of benzene rings is 1. The molecule has 0 unspecified atom stereocenters. The van der Waals surface area contributed by atoms with Crippen LogP contribution in [-0.4, -0.2) is 30.4 Å². The van der Waals surface area contributed by atoms with Gasteiger partial charge in [-0.3, -0.25) is 9.59 Å². The lowest BCUT2D eigenvalue weighted by molar-refractivity contribution is -0.152. The number of ketones is 1. The predicted octanol–water partition coefficient (Wildman–Crippen LogP) is 9.54. The molecule has 0 heterocycles. The summed E-state index contributed by atoms with van der Waals surface area (Å²) in [5.41, 5.74) is 1.95. The van der Waals surface area contributed by atoms with E-state index in [2.05, 4.69) is 48.5 Å². The zero-order valence-corrected chi connectivity index (χ0v) is 29.3. The van der Waals surface area contributed by atoms with Gasteiger partial charge in [0, 0.05) is 11.8 Å². The Balaban J connectivity index is 1.50. The molecule has 0 aliphatic heterocycles. The molecule has 0 bridgehead atoms. The molecule has 7 atom stereocenters. The van der Waals surface area contributed by atoms with E-state index in [4.69, 9.17) is 9.47 Å². The summed E-state index contributed by atoms with van der Waals surface area (Å²) in [7, 11) is 0. The Morgan fingerprint density at radius 1 is 0.933 bits per heavy atom. The van der Waals surface area contributed by atoms with Crippen LogP contribution >= 0.6 is 0 Å². The van der Waals surface area contributed by atoms with Crippen LogP contribution in [0.3, 0.4) is 0 Å². The van der Waals surface area contributed by atoms with Gasteiger partial charge in [-0.15, -0.1) is 0 Å². The molecule has 0 radical (unpaired) electrons. The second-order valence-electron chi connectivity index (χ2n) is 16.4. The van der Waals surface area contributed by atoms with E-state index in [9.17, 15) is 14.4 Å². The smallest absolute Gasteiger partial charge is 0.338 e. The first-order valence-electron chi connectivity index (χ1n) is 17.9. The first-order valence-corrected chi connectivity index (χ1v) is 17.9. The fourth-order valence-corrected chi connectivity index (χ4v) is 11.0. The zero-order valence-electron chi connectivity index (χ0n) is 29.3. The molecule has 0 spiro atoms. The van der Waals surface area contributed by atoms with Crippen molar-refractivity contribution in [1.82, 2.24) is 0 Å². The molecule has 5 nitrogen and oxygen atoms in total. The molecule has 4 aliphatic carbocycles.